The van der Waals surface area contributed by atoms with Crippen molar-refractivity contribution in [1.82, 2.24) is 0 Å². The summed E-state index contributed by atoms with van der Waals surface area (Å²) in [6.07, 6.45) is 0. The lowest BCUT2D eigenvalue weighted by molar-refractivity contribution is 1.44. The zero-order valence-electron chi connectivity index (χ0n) is 15.4. The summed E-state index contributed by atoms with van der Waals surface area (Å²) in [5, 5.41) is 12.3. The van der Waals surface area contributed by atoms with E-state index in [0.717, 1.165) is 33.6 Å². The average Bonchev–Trinajstić information content (AvgIpc) is 2.75. The van der Waals surface area contributed by atoms with Gasteiger partial charge in [0.15, 0.2) is 0 Å². The monoisotopic (exact) mass is 358 g/mol. The Balaban J connectivity index is 1.80. The van der Waals surface area contributed by atoms with Gasteiger partial charge < -0.3 is 5.32 Å². The molecule has 0 aromatic heterocycles. The van der Waals surface area contributed by atoms with E-state index in [1.54, 1.807) is 0 Å². The molecule has 2 radical (unpaired) electrons. The number of benzene rings is 4. The molecule has 4 aromatic rings. The van der Waals surface area contributed by atoms with Crippen LogP contribution in [0.3, 0.4) is 0 Å². The average molecular weight is 358 g/mol. The summed E-state index contributed by atoms with van der Waals surface area (Å²) in [6.45, 7) is 0. The molecule has 4 aromatic carbocycles. The van der Waals surface area contributed by atoms with Gasteiger partial charge in [-0.15, -0.1) is 0 Å². The molecule has 0 aliphatic rings. The standard InChI is InChI=1S/C25H19BN2/c26-21-11-7-10-20(16-21)25(27)23-17-19(18-8-3-1-4-9-18)14-15-24(23)28-22-12-5-2-6-13-22/h1-17,27-28H. The first-order valence-electron chi connectivity index (χ1n) is 9.17. The van der Waals surface area contributed by atoms with Crippen LogP contribution in [0.15, 0.2) is 103 Å². The van der Waals surface area contributed by atoms with E-state index >= 15 is 0 Å². The summed E-state index contributed by atoms with van der Waals surface area (Å²) < 4.78 is 0. The molecule has 0 unspecified atom stereocenters. The number of nitrogens with one attached hydrogen (secondary N) is 2. The summed E-state index contributed by atoms with van der Waals surface area (Å²) in [4.78, 5) is 0. The van der Waals surface area contributed by atoms with Crippen LogP contribution < -0.4 is 10.8 Å². The number of hydrogen-bond acceptors (Lipinski definition) is 2. The third kappa shape index (κ3) is 3.89. The molecule has 0 atom stereocenters. The van der Waals surface area contributed by atoms with Gasteiger partial charge >= 0.3 is 0 Å². The fraction of sp³-hybridized carbons (Fsp3) is 0. The first-order chi connectivity index (χ1) is 13.7. The fourth-order valence-corrected chi connectivity index (χ4v) is 3.20. The largest absolute Gasteiger partial charge is 0.355 e. The lowest BCUT2D eigenvalue weighted by Crippen LogP contribution is -2.10. The van der Waals surface area contributed by atoms with Crippen molar-refractivity contribution in [2.45, 2.75) is 0 Å². The summed E-state index contributed by atoms with van der Waals surface area (Å²) >= 11 is 0. The molecule has 0 saturated heterocycles. The molecular weight excluding hydrogens is 339 g/mol. The Hall–Kier alpha value is -3.59. The summed E-state index contributed by atoms with van der Waals surface area (Å²) in [5.74, 6) is 0. The third-order valence-electron chi connectivity index (χ3n) is 4.62. The second-order valence-corrected chi connectivity index (χ2v) is 6.62. The lowest BCUT2D eigenvalue weighted by Gasteiger charge is -2.16. The van der Waals surface area contributed by atoms with Gasteiger partial charge in [-0.3, -0.25) is 5.41 Å². The maximum Gasteiger partial charge on any atom is 0.113 e. The van der Waals surface area contributed by atoms with Crippen molar-refractivity contribution in [3.05, 3.63) is 114 Å². The molecule has 2 N–H and O–H groups in total. The molecule has 0 spiro atoms. The zero-order valence-corrected chi connectivity index (χ0v) is 15.4. The van der Waals surface area contributed by atoms with Gasteiger partial charge in [-0.25, -0.2) is 0 Å². The highest BCUT2D eigenvalue weighted by atomic mass is 14.9. The highest BCUT2D eigenvalue weighted by Crippen LogP contribution is 2.29. The Bertz CT molecular complexity index is 1110. The van der Waals surface area contributed by atoms with Crippen LogP contribution in [-0.4, -0.2) is 13.6 Å². The Kier molecular flexibility index (Phi) is 5.07. The Morgan fingerprint density at radius 3 is 2.11 bits per heavy atom. The van der Waals surface area contributed by atoms with E-state index in [1.807, 2.05) is 78.9 Å². The molecule has 0 saturated carbocycles. The van der Waals surface area contributed by atoms with Crippen molar-refractivity contribution in [3.63, 3.8) is 0 Å². The van der Waals surface area contributed by atoms with Gasteiger partial charge in [0, 0.05) is 16.9 Å². The molecule has 3 heteroatoms. The van der Waals surface area contributed by atoms with Crippen molar-refractivity contribution < 1.29 is 0 Å². The Labute approximate surface area is 166 Å². The molecule has 132 valence electrons. The summed E-state index contributed by atoms with van der Waals surface area (Å²) in [5.41, 5.74) is 6.77. The van der Waals surface area contributed by atoms with Gasteiger partial charge in [-0.1, -0.05) is 84.3 Å². The fourth-order valence-electron chi connectivity index (χ4n) is 3.20. The second-order valence-electron chi connectivity index (χ2n) is 6.62. The predicted octanol–water partition coefficient (Wildman–Crippen LogP) is 5.31. The second kappa shape index (κ2) is 7.97. The first kappa shape index (κ1) is 17.8. The quantitative estimate of drug-likeness (QED) is 0.368. The van der Waals surface area contributed by atoms with E-state index in [1.165, 1.54) is 0 Å². The van der Waals surface area contributed by atoms with Crippen LogP contribution >= 0.6 is 0 Å². The normalized spacial score (nSPS) is 10.4. The van der Waals surface area contributed by atoms with Crippen molar-refractivity contribution >= 4 is 30.4 Å². The van der Waals surface area contributed by atoms with E-state index in [4.69, 9.17) is 13.3 Å². The number of anilines is 2. The topological polar surface area (TPSA) is 35.9 Å². The van der Waals surface area contributed by atoms with E-state index in [9.17, 15) is 0 Å². The van der Waals surface area contributed by atoms with E-state index < -0.39 is 0 Å². The van der Waals surface area contributed by atoms with Crippen molar-refractivity contribution in [2.75, 3.05) is 5.32 Å². The number of hydrogen-bond donors (Lipinski definition) is 2. The molecule has 4 rings (SSSR count). The highest BCUT2D eigenvalue weighted by Gasteiger charge is 2.13. The van der Waals surface area contributed by atoms with Crippen LogP contribution in [0.2, 0.25) is 0 Å². The zero-order chi connectivity index (χ0) is 19.3. The van der Waals surface area contributed by atoms with Crippen LogP contribution in [0, 0.1) is 5.41 Å². The third-order valence-corrected chi connectivity index (χ3v) is 4.62. The minimum Gasteiger partial charge on any atom is -0.355 e. The Morgan fingerprint density at radius 1 is 0.679 bits per heavy atom. The van der Waals surface area contributed by atoms with E-state index in [2.05, 4.69) is 29.6 Å². The molecular formula is C25H19BN2. The molecule has 0 aliphatic heterocycles. The van der Waals surface area contributed by atoms with Gasteiger partial charge in [0.05, 0.1) is 5.71 Å². The van der Waals surface area contributed by atoms with Crippen molar-refractivity contribution in [2.24, 2.45) is 0 Å². The molecule has 0 bridgehead atoms. The van der Waals surface area contributed by atoms with Gasteiger partial charge in [0.25, 0.3) is 0 Å². The van der Waals surface area contributed by atoms with Crippen LogP contribution in [0.5, 0.6) is 0 Å². The molecule has 0 heterocycles. The van der Waals surface area contributed by atoms with E-state index in [-0.39, 0.29) is 0 Å². The first-order valence-corrected chi connectivity index (χ1v) is 9.17. The van der Waals surface area contributed by atoms with Crippen LogP contribution in [0.25, 0.3) is 11.1 Å². The van der Waals surface area contributed by atoms with Gasteiger partial charge in [0.2, 0.25) is 0 Å². The van der Waals surface area contributed by atoms with Gasteiger partial charge in [-0.05, 0) is 41.0 Å². The van der Waals surface area contributed by atoms with Crippen molar-refractivity contribution in [1.29, 1.82) is 5.41 Å². The minimum absolute atomic E-state index is 0.434. The van der Waals surface area contributed by atoms with Crippen LogP contribution in [0.4, 0.5) is 11.4 Å². The maximum atomic E-state index is 8.84. The van der Waals surface area contributed by atoms with Crippen LogP contribution in [0.1, 0.15) is 11.1 Å². The molecule has 0 amide bonds. The molecule has 2 nitrogen and oxygen atoms in total. The van der Waals surface area contributed by atoms with Gasteiger partial charge in [-0.2, -0.15) is 0 Å². The minimum atomic E-state index is 0.434. The number of rotatable bonds is 5. The molecule has 0 aliphatic carbocycles. The maximum absolute atomic E-state index is 8.84. The summed E-state index contributed by atoms with van der Waals surface area (Å²) in [6, 6.07) is 33.8. The van der Waals surface area contributed by atoms with Crippen molar-refractivity contribution in [3.8, 4) is 11.1 Å². The SMILES string of the molecule is [B]c1cccc(C(=N)c2cc(-c3ccccc3)ccc2Nc2ccccc2)c1. The number of para-hydroxylation sites is 1. The summed E-state index contributed by atoms with van der Waals surface area (Å²) in [7, 11) is 5.94. The smallest absolute Gasteiger partial charge is 0.113 e. The highest BCUT2D eigenvalue weighted by molar-refractivity contribution is 6.33. The van der Waals surface area contributed by atoms with E-state index in [0.29, 0.717) is 11.2 Å². The lowest BCUT2D eigenvalue weighted by atomic mass is 9.90. The molecule has 28 heavy (non-hydrogen) atoms. The van der Waals surface area contributed by atoms with Gasteiger partial charge in [0.1, 0.15) is 7.85 Å². The Morgan fingerprint density at radius 2 is 1.39 bits per heavy atom. The van der Waals surface area contributed by atoms with Crippen LogP contribution in [-0.2, 0) is 0 Å². The molecule has 0 fully saturated rings. The predicted molar refractivity (Wildman–Crippen MR) is 119 cm³/mol.